The number of carbonyl (C=O) groups is 1. The molecule has 0 aliphatic heterocycles. The smallest absolute Gasteiger partial charge is 0.269 e. The third-order valence-electron chi connectivity index (χ3n) is 4.53. The van der Waals surface area contributed by atoms with Crippen LogP contribution in [0.2, 0.25) is 0 Å². The van der Waals surface area contributed by atoms with Gasteiger partial charge in [-0.2, -0.15) is 0 Å². The summed E-state index contributed by atoms with van der Waals surface area (Å²) >= 11 is 6.68. The van der Waals surface area contributed by atoms with Crippen molar-refractivity contribution in [1.29, 1.82) is 0 Å². The lowest BCUT2D eigenvalue weighted by atomic mass is 10.1. The number of rotatable bonds is 3. The zero-order valence-electron chi connectivity index (χ0n) is 14.8. The summed E-state index contributed by atoms with van der Waals surface area (Å²) in [7, 11) is 0. The van der Waals surface area contributed by atoms with Gasteiger partial charge in [-0.3, -0.25) is 14.0 Å². The average Bonchev–Trinajstić information content (AvgIpc) is 2.99. The molecule has 27 heavy (non-hydrogen) atoms. The molecule has 0 fully saturated rings. The Morgan fingerprint density at radius 3 is 2.81 bits per heavy atom. The highest BCUT2D eigenvalue weighted by molar-refractivity contribution is 7.73. The second-order valence-corrected chi connectivity index (χ2v) is 7.96. The van der Waals surface area contributed by atoms with Crippen molar-refractivity contribution in [3.63, 3.8) is 0 Å². The topological polar surface area (TPSA) is 66.4 Å². The van der Waals surface area contributed by atoms with Crippen molar-refractivity contribution in [2.24, 2.45) is 0 Å². The molecule has 2 heterocycles. The number of para-hydroxylation sites is 1. The second-order valence-electron chi connectivity index (χ2n) is 6.32. The molecule has 4 aromatic rings. The minimum Gasteiger partial charge on any atom is -0.321 e. The summed E-state index contributed by atoms with van der Waals surface area (Å²) in [5.74, 6) is -0.281. The maximum Gasteiger partial charge on any atom is 0.269 e. The Labute approximate surface area is 164 Å². The first-order chi connectivity index (χ1) is 13.0. The molecule has 0 spiro atoms. The van der Waals surface area contributed by atoms with Gasteiger partial charge in [0, 0.05) is 5.69 Å². The van der Waals surface area contributed by atoms with Crippen LogP contribution in [-0.4, -0.2) is 15.3 Å². The van der Waals surface area contributed by atoms with Crippen LogP contribution >= 0.6 is 23.6 Å². The van der Waals surface area contributed by atoms with E-state index < -0.39 is 0 Å². The SMILES string of the molecule is CCc1ccccc1NC(=O)c1sc(=S)n2c1[nH]c(=O)c1cc(C)ccc12. The highest BCUT2D eigenvalue weighted by Gasteiger charge is 2.18. The summed E-state index contributed by atoms with van der Waals surface area (Å²) in [6, 6.07) is 13.3. The fraction of sp³-hybridized carbons (Fsp3) is 0.150. The van der Waals surface area contributed by atoms with Crippen molar-refractivity contribution >= 4 is 51.7 Å². The second kappa shape index (κ2) is 6.75. The van der Waals surface area contributed by atoms with Crippen LogP contribution in [-0.2, 0) is 6.42 Å². The normalized spacial score (nSPS) is 11.2. The highest BCUT2D eigenvalue weighted by Crippen LogP contribution is 2.25. The van der Waals surface area contributed by atoms with Crippen LogP contribution in [0.25, 0.3) is 16.6 Å². The third-order valence-corrected chi connectivity index (χ3v) is 5.91. The Kier molecular flexibility index (Phi) is 4.41. The van der Waals surface area contributed by atoms with Gasteiger partial charge < -0.3 is 10.3 Å². The van der Waals surface area contributed by atoms with Gasteiger partial charge in [-0.05, 0) is 49.3 Å². The summed E-state index contributed by atoms with van der Waals surface area (Å²) in [5.41, 5.74) is 3.70. The van der Waals surface area contributed by atoms with E-state index >= 15 is 0 Å². The Morgan fingerprint density at radius 2 is 2.04 bits per heavy atom. The minimum absolute atomic E-state index is 0.232. The van der Waals surface area contributed by atoms with Crippen molar-refractivity contribution in [1.82, 2.24) is 9.38 Å². The van der Waals surface area contributed by atoms with Crippen molar-refractivity contribution in [2.75, 3.05) is 5.32 Å². The Bertz CT molecular complexity index is 1310. The molecule has 2 aromatic carbocycles. The van der Waals surface area contributed by atoms with Crippen LogP contribution in [0.15, 0.2) is 47.3 Å². The number of aromatic amines is 1. The fourth-order valence-electron chi connectivity index (χ4n) is 3.19. The predicted octanol–water partition coefficient (Wildman–Crippen LogP) is 4.69. The summed E-state index contributed by atoms with van der Waals surface area (Å²) in [5, 5.41) is 3.50. The first-order valence-corrected chi connectivity index (χ1v) is 9.79. The van der Waals surface area contributed by atoms with Crippen molar-refractivity contribution < 1.29 is 4.79 Å². The number of aryl methyl sites for hydroxylation is 2. The van der Waals surface area contributed by atoms with Crippen molar-refractivity contribution in [3.8, 4) is 0 Å². The maximum atomic E-state index is 12.9. The number of anilines is 1. The van der Waals surface area contributed by atoms with Gasteiger partial charge in [-0.1, -0.05) is 48.1 Å². The Morgan fingerprint density at radius 1 is 1.26 bits per heavy atom. The largest absolute Gasteiger partial charge is 0.321 e. The van der Waals surface area contributed by atoms with Gasteiger partial charge in [-0.15, -0.1) is 0 Å². The van der Waals surface area contributed by atoms with Gasteiger partial charge in [0.15, 0.2) is 3.95 Å². The Hall–Kier alpha value is -2.77. The van der Waals surface area contributed by atoms with Crippen LogP contribution in [0.3, 0.4) is 0 Å². The van der Waals surface area contributed by atoms with E-state index in [1.807, 2.05) is 56.3 Å². The first-order valence-electron chi connectivity index (χ1n) is 8.57. The quantitative estimate of drug-likeness (QED) is 0.494. The zero-order chi connectivity index (χ0) is 19.1. The van der Waals surface area contributed by atoms with Crippen LogP contribution in [0, 0.1) is 10.9 Å². The molecule has 4 rings (SSSR count). The number of aromatic nitrogens is 2. The van der Waals surface area contributed by atoms with Gasteiger partial charge >= 0.3 is 0 Å². The van der Waals surface area contributed by atoms with E-state index in [4.69, 9.17) is 12.2 Å². The molecule has 0 unspecified atom stereocenters. The van der Waals surface area contributed by atoms with Crippen molar-refractivity contribution in [3.05, 3.63) is 72.8 Å². The molecule has 0 atom stereocenters. The number of hydrogen-bond donors (Lipinski definition) is 2. The lowest BCUT2D eigenvalue weighted by Gasteiger charge is -2.09. The standard InChI is InChI=1S/C20H17N3O2S2/c1-3-12-6-4-5-7-14(12)21-19(25)16-17-22-18(24)13-10-11(2)8-9-15(13)23(17)20(26)27-16/h4-10H,3H2,1-2H3,(H,21,25)(H,22,24). The van der Waals surface area contributed by atoms with E-state index in [2.05, 4.69) is 10.3 Å². The van der Waals surface area contributed by atoms with Gasteiger partial charge in [0.2, 0.25) is 0 Å². The predicted molar refractivity (Wildman–Crippen MR) is 113 cm³/mol. The molecule has 1 amide bonds. The highest BCUT2D eigenvalue weighted by atomic mass is 32.1. The summed E-state index contributed by atoms with van der Waals surface area (Å²) in [4.78, 5) is 28.7. The molecule has 136 valence electrons. The van der Waals surface area contributed by atoms with Gasteiger partial charge in [0.1, 0.15) is 10.5 Å². The molecule has 5 nitrogen and oxygen atoms in total. The molecule has 2 N–H and O–H groups in total. The van der Waals surface area contributed by atoms with E-state index in [0.717, 1.165) is 23.2 Å². The number of nitrogens with one attached hydrogen (secondary N) is 2. The number of H-pyrrole nitrogens is 1. The Balaban J connectivity index is 1.89. The molecule has 0 radical (unpaired) electrons. The molecule has 7 heteroatoms. The fourth-order valence-corrected chi connectivity index (χ4v) is 4.47. The van der Waals surface area contributed by atoms with Crippen LogP contribution in [0.5, 0.6) is 0 Å². The first kappa shape index (κ1) is 17.6. The molecule has 0 saturated heterocycles. The molecule has 2 aromatic heterocycles. The number of amides is 1. The monoisotopic (exact) mass is 395 g/mol. The van der Waals surface area contributed by atoms with Gasteiger partial charge in [-0.25, -0.2) is 0 Å². The number of carbonyl (C=O) groups excluding carboxylic acids is 1. The van der Waals surface area contributed by atoms with Crippen LogP contribution in [0.1, 0.15) is 27.7 Å². The maximum absolute atomic E-state index is 12.9. The number of nitrogens with zero attached hydrogens (tertiary/aromatic N) is 1. The van der Waals surface area contributed by atoms with E-state index in [1.165, 1.54) is 11.3 Å². The number of hydrogen-bond acceptors (Lipinski definition) is 4. The third kappa shape index (κ3) is 2.98. The molecule has 0 aliphatic rings. The van der Waals surface area contributed by atoms with E-state index in [9.17, 15) is 9.59 Å². The van der Waals surface area contributed by atoms with E-state index in [1.54, 1.807) is 4.40 Å². The number of benzene rings is 2. The van der Waals surface area contributed by atoms with Gasteiger partial charge in [0.05, 0.1) is 10.9 Å². The minimum atomic E-state index is -0.281. The lowest BCUT2D eigenvalue weighted by molar-refractivity contribution is 0.103. The molecular formula is C20H17N3O2S2. The molecule has 0 bridgehead atoms. The van der Waals surface area contributed by atoms with E-state index in [-0.39, 0.29) is 11.5 Å². The number of thiazole rings is 1. The molecule has 0 saturated carbocycles. The lowest BCUT2D eigenvalue weighted by Crippen LogP contribution is -2.15. The van der Waals surface area contributed by atoms with Crippen LogP contribution < -0.4 is 10.9 Å². The summed E-state index contributed by atoms with van der Waals surface area (Å²) in [6.45, 7) is 3.97. The molecule has 0 aliphatic carbocycles. The van der Waals surface area contributed by atoms with Gasteiger partial charge in [0.25, 0.3) is 11.5 Å². The summed E-state index contributed by atoms with van der Waals surface area (Å²) in [6.07, 6.45) is 0.809. The van der Waals surface area contributed by atoms with Crippen molar-refractivity contribution in [2.45, 2.75) is 20.3 Å². The van der Waals surface area contributed by atoms with E-state index in [0.29, 0.717) is 25.4 Å². The zero-order valence-corrected chi connectivity index (χ0v) is 16.5. The average molecular weight is 396 g/mol. The molecular weight excluding hydrogens is 378 g/mol. The number of fused-ring (bicyclic) bond motifs is 3. The van der Waals surface area contributed by atoms with Crippen LogP contribution in [0.4, 0.5) is 5.69 Å². The summed E-state index contributed by atoms with van der Waals surface area (Å²) < 4.78 is 2.28.